The number of carbonyl (C=O) groups is 1. The van der Waals surface area contributed by atoms with Gasteiger partial charge in [0.1, 0.15) is 17.3 Å². The van der Waals surface area contributed by atoms with Gasteiger partial charge in [-0.25, -0.2) is 4.39 Å². The number of nitrogens with one attached hydrogen (secondary N) is 1. The molecule has 0 atom stereocenters. The first kappa shape index (κ1) is 14.6. The molecule has 2 rings (SSSR count). The van der Waals surface area contributed by atoms with E-state index in [1.807, 2.05) is 0 Å². The van der Waals surface area contributed by atoms with Gasteiger partial charge < -0.3 is 20.9 Å². The molecule has 0 heterocycles. The Hall–Kier alpha value is -2.76. The number of phenols is 1. The number of amides is 1. The van der Waals surface area contributed by atoms with Crippen molar-refractivity contribution >= 4 is 11.6 Å². The molecule has 0 unspecified atom stereocenters. The minimum atomic E-state index is -0.561. The summed E-state index contributed by atoms with van der Waals surface area (Å²) < 4.78 is 18.3. The quantitative estimate of drug-likeness (QED) is 0.788. The zero-order chi connectivity index (χ0) is 15.4. The molecular formula is C15H15FN2O3. The van der Waals surface area contributed by atoms with E-state index in [9.17, 15) is 14.3 Å². The molecule has 0 aliphatic carbocycles. The van der Waals surface area contributed by atoms with Crippen LogP contribution in [0.3, 0.4) is 0 Å². The van der Waals surface area contributed by atoms with Gasteiger partial charge in [-0.3, -0.25) is 4.79 Å². The van der Waals surface area contributed by atoms with Crippen molar-refractivity contribution in [1.29, 1.82) is 0 Å². The van der Waals surface area contributed by atoms with E-state index in [2.05, 4.69) is 5.32 Å². The monoisotopic (exact) mass is 290 g/mol. The van der Waals surface area contributed by atoms with Gasteiger partial charge in [-0.15, -0.1) is 0 Å². The van der Waals surface area contributed by atoms with Gasteiger partial charge in [0, 0.05) is 17.7 Å². The molecule has 4 N–H and O–H groups in total. The van der Waals surface area contributed by atoms with Gasteiger partial charge in [0.2, 0.25) is 5.91 Å². The van der Waals surface area contributed by atoms with E-state index in [0.717, 1.165) is 0 Å². The zero-order valence-corrected chi connectivity index (χ0v) is 11.4. The van der Waals surface area contributed by atoms with Crippen LogP contribution < -0.4 is 15.8 Å². The molecule has 0 aliphatic rings. The van der Waals surface area contributed by atoms with Gasteiger partial charge in [0.15, 0.2) is 0 Å². The summed E-state index contributed by atoms with van der Waals surface area (Å²) in [6.45, 7) is 0.169. The van der Waals surface area contributed by atoms with Crippen LogP contribution in [-0.2, 0) is 6.54 Å². The van der Waals surface area contributed by atoms with E-state index in [-0.39, 0.29) is 12.3 Å². The number of benzene rings is 2. The Labute approximate surface area is 121 Å². The molecule has 1 amide bonds. The van der Waals surface area contributed by atoms with E-state index < -0.39 is 11.7 Å². The summed E-state index contributed by atoms with van der Waals surface area (Å²) in [7, 11) is 1.49. The molecule has 2 aromatic carbocycles. The third-order valence-electron chi connectivity index (χ3n) is 2.99. The summed E-state index contributed by atoms with van der Waals surface area (Å²) in [4.78, 5) is 11.2. The van der Waals surface area contributed by atoms with Crippen LogP contribution in [0.25, 0.3) is 0 Å². The molecule has 110 valence electrons. The molecule has 0 saturated carbocycles. The first-order valence-electron chi connectivity index (χ1n) is 6.20. The highest BCUT2D eigenvalue weighted by Gasteiger charge is 2.09. The van der Waals surface area contributed by atoms with Gasteiger partial charge in [-0.1, -0.05) is 0 Å². The number of nitrogens with two attached hydrogens (primary N) is 1. The Bertz CT molecular complexity index is 674. The van der Waals surface area contributed by atoms with Crippen molar-refractivity contribution in [3.05, 3.63) is 53.3 Å². The molecule has 0 aromatic heterocycles. The number of hydrogen-bond acceptors (Lipinski definition) is 4. The van der Waals surface area contributed by atoms with Crippen molar-refractivity contribution in [3.8, 4) is 11.5 Å². The van der Waals surface area contributed by atoms with Crippen LogP contribution in [0.2, 0.25) is 0 Å². The number of halogens is 1. The predicted octanol–water partition coefficient (Wildman–Crippen LogP) is 2.25. The Kier molecular flexibility index (Phi) is 4.27. The van der Waals surface area contributed by atoms with Crippen molar-refractivity contribution in [2.24, 2.45) is 5.73 Å². The fourth-order valence-corrected chi connectivity index (χ4v) is 1.89. The molecule has 0 fully saturated rings. The molecule has 0 radical (unpaired) electrons. The normalized spacial score (nSPS) is 10.2. The number of ether oxygens (including phenoxy) is 1. The molecule has 0 bridgehead atoms. The summed E-state index contributed by atoms with van der Waals surface area (Å²) in [6.07, 6.45) is 0. The number of rotatable bonds is 5. The first-order valence-corrected chi connectivity index (χ1v) is 6.20. The maximum atomic E-state index is 13.2. The molecule has 0 saturated heterocycles. The lowest BCUT2D eigenvalue weighted by atomic mass is 10.1. The maximum absolute atomic E-state index is 13.2. The van der Waals surface area contributed by atoms with Gasteiger partial charge in [-0.2, -0.15) is 0 Å². The average Bonchev–Trinajstić information content (AvgIpc) is 2.47. The number of anilines is 1. The fraction of sp³-hybridized carbons (Fsp3) is 0.133. The minimum absolute atomic E-state index is 0.0195. The SMILES string of the molecule is COc1ccc(C(N)=O)cc1NCc1cc(F)ccc1O. The lowest BCUT2D eigenvalue weighted by molar-refractivity contribution is 0.100. The summed E-state index contributed by atoms with van der Waals surface area (Å²) >= 11 is 0. The molecule has 0 spiro atoms. The van der Waals surface area contributed by atoms with E-state index in [1.54, 1.807) is 12.1 Å². The molecule has 6 heteroatoms. The molecule has 5 nitrogen and oxygen atoms in total. The average molecular weight is 290 g/mol. The highest BCUT2D eigenvalue weighted by Crippen LogP contribution is 2.27. The number of hydrogen-bond donors (Lipinski definition) is 3. The zero-order valence-electron chi connectivity index (χ0n) is 11.4. The molecule has 0 aliphatic heterocycles. The van der Waals surface area contributed by atoms with E-state index in [4.69, 9.17) is 10.5 Å². The van der Waals surface area contributed by atoms with Gasteiger partial charge in [-0.05, 0) is 36.4 Å². The Balaban J connectivity index is 2.24. The van der Waals surface area contributed by atoms with E-state index >= 15 is 0 Å². The van der Waals surface area contributed by atoms with Crippen molar-refractivity contribution < 1.29 is 19.0 Å². The van der Waals surface area contributed by atoms with Crippen LogP contribution in [0.1, 0.15) is 15.9 Å². The number of carbonyl (C=O) groups excluding carboxylic acids is 1. The summed E-state index contributed by atoms with van der Waals surface area (Å²) in [5.74, 6) is -0.512. The molecule has 21 heavy (non-hydrogen) atoms. The second-order valence-corrected chi connectivity index (χ2v) is 4.41. The second-order valence-electron chi connectivity index (χ2n) is 4.41. The Morgan fingerprint density at radius 1 is 1.33 bits per heavy atom. The maximum Gasteiger partial charge on any atom is 0.248 e. The third-order valence-corrected chi connectivity index (χ3v) is 2.99. The van der Waals surface area contributed by atoms with E-state index in [1.165, 1.54) is 31.4 Å². The number of methoxy groups -OCH3 is 1. The topological polar surface area (TPSA) is 84.6 Å². The molecule has 2 aromatic rings. The number of primary amides is 1. The van der Waals surface area contributed by atoms with E-state index in [0.29, 0.717) is 22.6 Å². The van der Waals surface area contributed by atoms with Crippen molar-refractivity contribution in [2.75, 3.05) is 12.4 Å². The highest BCUT2D eigenvalue weighted by molar-refractivity contribution is 5.94. The van der Waals surface area contributed by atoms with Crippen molar-refractivity contribution in [2.45, 2.75) is 6.54 Å². The van der Waals surface area contributed by atoms with Crippen molar-refractivity contribution in [1.82, 2.24) is 0 Å². The second kappa shape index (κ2) is 6.13. The predicted molar refractivity (Wildman–Crippen MR) is 76.9 cm³/mol. The summed E-state index contributed by atoms with van der Waals surface area (Å²) in [5.41, 5.74) is 6.47. The highest BCUT2D eigenvalue weighted by atomic mass is 19.1. The fourth-order valence-electron chi connectivity index (χ4n) is 1.89. The van der Waals surface area contributed by atoms with Crippen LogP contribution >= 0.6 is 0 Å². The van der Waals surface area contributed by atoms with Crippen LogP contribution in [0.15, 0.2) is 36.4 Å². The van der Waals surface area contributed by atoms with Gasteiger partial charge in [0.25, 0.3) is 0 Å². The minimum Gasteiger partial charge on any atom is -0.508 e. The van der Waals surface area contributed by atoms with Crippen molar-refractivity contribution in [3.63, 3.8) is 0 Å². The smallest absolute Gasteiger partial charge is 0.248 e. The lowest BCUT2D eigenvalue weighted by Crippen LogP contribution is -2.12. The largest absolute Gasteiger partial charge is 0.508 e. The van der Waals surface area contributed by atoms with Gasteiger partial charge >= 0.3 is 0 Å². The van der Waals surface area contributed by atoms with Crippen LogP contribution in [0, 0.1) is 5.82 Å². The summed E-state index contributed by atoms with van der Waals surface area (Å²) in [6, 6.07) is 8.38. The Morgan fingerprint density at radius 3 is 2.76 bits per heavy atom. The first-order chi connectivity index (χ1) is 10.0. The van der Waals surface area contributed by atoms with Gasteiger partial charge in [0.05, 0.1) is 12.8 Å². The van der Waals surface area contributed by atoms with Crippen LogP contribution in [0.4, 0.5) is 10.1 Å². The number of aromatic hydroxyl groups is 1. The molecular weight excluding hydrogens is 275 g/mol. The standard InChI is InChI=1S/C15H15FN2O3/c1-21-14-5-2-9(15(17)20)7-12(14)18-8-10-6-11(16)3-4-13(10)19/h2-7,18-19H,8H2,1H3,(H2,17,20). The third kappa shape index (κ3) is 3.42. The Morgan fingerprint density at radius 2 is 2.10 bits per heavy atom. The number of phenolic OH excluding ortho intramolecular Hbond substituents is 1. The lowest BCUT2D eigenvalue weighted by Gasteiger charge is -2.13. The van der Waals surface area contributed by atoms with Crippen LogP contribution in [-0.4, -0.2) is 18.1 Å². The summed E-state index contributed by atoms with van der Waals surface area (Å²) in [5, 5.41) is 12.7. The van der Waals surface area contributed by atoms with Crippen LogP contribution in [0.5, 0.6) is 11.5 Å².